The first kappa shape index (κ1) is 13.2. The fourth-order valence-electron chi connectivity index (χ4n) is 1.69. The molecule has 16 heavy (non-hydrogen) atoms. The van der Waals surface area contributed by atoms with Crippen LogP contribution in [0.4, 0.5) is 17.6 Å². The summed E-state index contributed by atoms with van der Waals surface area (Å²) in [4.78, 5) is 11.9. The van der Waals surface area contributed by atoms with Gasteiger partial charge in [-0.15, -0.1) is 0 Å². The summed E-state index contributed by atoms with van der Waals surface area (Å²) in [5.41, 5.74) is 0. The van der Waals surface area contributed by atoms with Crippen LogP contribution in [0.15, 0.2) is 0 Å². The molecule has 1 rings (SSSR count). The molecule has 94 valence electrons. The van der Waals surface area contributed by atoms with Gasteiger partial charge < -0.3 is 9.64 Å². The highest BCUT2D eigenvalue weighted by atomic mass is 19.3. The highest BCUT2D eigenvalue weighted by Gasteiger charge is 2.52. The van der Waals surface area contributed by atoms with Gasteiger partial charge in [-0.25, -0.2) is 8.78 Å². The number of methoxy groups -OCH3 is 1. The Balaban J connectivity index is 2.57. The summed E-state index contributed by atoms with van der Waals surface area (Å²) in [7, 11) is 1.46. The van der Waals surface area contributed by atoms with Crippen molar-refractivity contribution in [2.75, 3.05) is 26.8 Å². The molecule has 1 unspecified atom stereocenters. The van der Waals surface area contributed by atoms with Gasteiger partial charge in [0.2, 0.25) is 0 Å². The summed E-state index contributed by atoms with van der Waals surface area (Å²) in [5.74, 6) is -6.43. The minimum atomic E-state index is -4.58. The summed E-state index contributed by atoms with van der Waals surface area (Å²) in [6, 6.07) is 0. The van der Waals surface area contributed by atoms with Crippen LogP contribution in [0.25, 0.3) is 0 Å². The van der Waals surface area contributed by atoms with Crippen LogP contribution < -0.4 is 0 Å². The molecule has 0 saturated carbocycles. The van der Waals surface area contributed by atoms with Gasteiger partial charge in [0.1, 0.15) is 0 Å². The number of nitrogens with zero attached hydrogens (tertiary/aromatic N) is 1. The van der Waals surface area contributed by atoms with Crippen LogP contribution in [0.5, 0.6) is 0 Å². The standard InChI is InChI=1S/C9H13F4NO2/c1-16-5-6-2-3-14(4-6)8(15)9(12,13)7(10)11/h6-7H,2-5H2,1H3. The van der Waals surface area contributed by atoms with E-state index in [4.69, 9.17) is 4.74 Å². The number of carbonyl (C=O) groups excluding carboxylic acids is 1. The summed E-state index contributed by atoms with van der Waals surface area (Å²) in [5, 5.41) is 0. The second-order valence-electron chi connectivity index (χ2n) is 3.78. The molecule has 1 atom stereocenters. The average Bonchev–Trinajstić information content (AvgIpc) is 2.65. The molecule has 1 aliphatic rings. The third kappa shape index (κ3) is 2.63. The molecule has 1 amide bonds. The zero-order valence-electron chi connectivity index (χ0n) is 8.76. The van der Waals surface area contributed by atoms with Crippen LogP contribution in [0.3, 0.4) is 0 Å². The van der Waals surface area contributed by atoms with E-state index in [-0.39, 0.29) is 19.0 Å². The maximum atomic E-state index is 12.7. The summed E-state index contributed by atoms with van der Waals surface area (Å²) >= 11 is 0. The molecule has 0 radical (unpaired) electrons. The summed E-state index contributed by atoms with van der Waals surface area (Å²) < 4.78 is 54.2. The fourth-order valence-corrected chi connectivity index (χ4v) is 1.69. The predicted octanol–water partition coefficient (Wildman–Crippen LogP) is 1.38. The van der Waals surface area contributed by atoms with Gasteiger partial charge in [0.05, 0.1) is 6.61 Å². The molecule has 0 aromatic heterocycles. The van der Waals surface area contributed by atoms with E-state index in [0.717, 1.165) is 4.90 Å². The minimum Gasteiger partial charge on any atom is -0.384 e. The topological polar surface area (TPSA) is 29.5 Å². The summed E-state index contributed by atoms with van der Waals surface area (Å²) in [6.07, 6.45) is -3.46. The van der Waals surface area contributed by atoms with Crippen molar-refractivity contribution < 1.29 is 27.1 Å². The van der Waals surface area contributed by atoms with Gasteiger partial charge in [-0.2, -0.15) is 8.78 Å². The lowest BCUT2D eigenvalue weighted by Gasteiger charge is -2.22. The van der Waals surface area contributed by atoms with Crippen molar-refractivity contribution in [1.29, 1.82) is 0 Å². The second-order valence-corrected chi connectivity index (χ2v) is 3.78. The molecule has 3 nitrogen and oxygen atoms in total. The van der Waals surface area contributed by atoms with Crippen LogP contribution in [-0.2, 0) is 9.53 Å². The Morgan fingerprint density at radius 1 is 1.56 bits per heavy atom. The van der Waals surface area contributed by atoms with Crippen LogP contribution >= 0.6 is 0 Å². The zero-order chi connectivity index (χ0) is 12.3. The van der Waals surface area contributed by atoms with E-state index in [1.807, 2.05) is 0 Å². The summed E-state index contributed by atoms with van der Waals surface area (Å²) in [6.45, 7) is 0.466. The minimum absolute atomic E-state index is 0.0506. The van der Waals surface area contributed by atoms with Gasteiger partial charge in [0.15, 0.2) is 0 Å². The maximum Gasteiger partial charge on any atom is 0.383 e. The normalized spacial score (nSPS) is 21.9. The molecular weight excluding hydrogens is 230 g/mol. The van der Waals surface area contributed by atoms with Crippen LogP contribution in [0.1, 0.15) is 6.42 Å². The highest BCUT2D eigenvalue weighted by Crippen LogP contribution is 2.28. The number of likely N-dealkylation sites (tertiary alicyclic amines) is 1. The number of ether oxygens (including phenoxy) is 1. The number of rotatable bonds is 4. The lowest BCUT2D eigenvalue weighted by atomic mass is 10.1. The lowest BCUT2D eigenvalue weighted by Crippen LogP contribution is -2.46. The van der Waals surface area contributed by atoms with E-state index in [2.05, 4.69) is 0 Å². The monoisotopic (exact) mass is 243 g/mol. The van der Waals surface area contributed by atoms with Crippen LogP contribution in [0, 0.1) is 5.92 Å². The first-order chi connectivity index (χ1) is 7.39. The third-order valence-corrected chi connectivity index (χ3v) is 2.53. The molecule has 1 heterocycles. The molecule has 1 aliphatic heterocycles. The van der Waals surface area contributed by atoms with Crippen LogP contribution in [-0.4, -0.2) is 50.0 Å². The van der Waals surface area contributed by atoms with E-state index in [1.165, 1.54) is 7.11 Å². The van der Waals surface area contributed by atoms with Gasteiger partial charge in [0, 0.05) is 26.1 Å². The Labute approximate surface area is 90.3 Å². The van der Waals surface area contributed by atoms with Gasteiger partial charge >= 0.3 is 12.3 Å². The van der Waals surface area contributed by atoms with E-state index < -0.39 is 18.3 Å². The molecule has 0 spiro atoms. The second kappa shape index (κ2) is 4.99. The predicted molar refractivity (Wildman–Crippen MR) is 47.5 cm³/mol. The molecule has 0 bridgehead atoms. The Bertz CT molecular complexity index is 260. The Kier molecular flexibility index (Phi) is 4.12. The van der Waals surface area contributed by atoms with Gasteiger partial charge in [-0.3, -0.25) is 4.79 Å². The number of alkyl halides is 4. The van der Waals surface area contributed by atoms with E-state index in [0.29, 0.717) is 13.0 Å². The number of hydrogen-bond acceptors (Lipinski definition) is 2. The number of amides is 1. The molecule has 0 aromatic carbocycles. The van der Waals surface area contributed by atoms with Crippen molar-refractivity contribution in [2.45, 2.75) is 18.8 Å². The number of halogens is 4. The molecule has 1 fully saturated rings. The van der Waals surface area contributed by atoms with Crippen molar-refractivity contribution in [3.63, 3.8) is 0 Å². The smallest absolute Gasteiger partial charge is 0.383 e. The molecular formula is C9H13F4NO2. The molecule has 1 saturated heterocycles. The number of hydrogen-bond donors (Lipinski definition) is 0. The molecule has 7 heteroatoms. The fraction of sp³-hybridized carbons (Fsp3) is 0.889. The largest absolute Gasteiger partial charge is 0.384 e. The van der Waals surface area contributed by atoms with Crippen molar-refractivity contribution in [2.24, 2.45) is 5.92 Å². The van der Waals surface area contributed by atoms with Gasteiger partial charge in [-0.05, 0) is 6.42 Å². The highest BCUT2D eigenvalue weighted by molar-refractivity contribution is 5.84. The van der Waals surface area contributed by atoms with Crippen molar-refractivity contribution in [1.82, 2.24) is 4.90 Å². The molecule has 0 N–H and O–H groups in total. The Morgan fingerprint density at radius 2 is 2.19 bits per heavy atom. The SMILES string of the molecule is COCC1CCN(C(=O)C(F)(F)C(F)F)C1. The first-order valence-electron chi connectivity index (χ1n) is 4.83. The maximum absolute atomic E-state index is 12.7. The van der Waals surface area contributed by atoms with Crippen molar-refractivity contribution in [3.8, 4) is 0 Å². The third-order valence-electron chi connectivity index (χ3n) is 2.53. The Morgan fingerprint density at radius 3 is 2.69 bits per heavy atom. The van der Waals surface area contributed by atoms with Crippen LogP contribution in [0.2, 0.25) is 0 Å². The van der Waals surface area contributed by atoms with Crippen molar-refractivity contribution in [3.05, 3.63) is 0 Å². The number of carbonyl (C=O) groups is 1. The van der Waals surface area contributed by atoms with Gasteiger partial charge in [-0.1, -0.05) is 0 Å². The van der Waals surface area contributed by atoms with Gasteiger partial charge in [0.25, 0.3) is 5.91 Å². The van der Waals surface area contributed by atoms with Crippen molar-refractivity contribution >= 4 is 5.91 Å². The Hall–Kier alpha value is -0.850. The van der Waals surface area contributed by atoms with E-state index in [1.54, 1.807) is 0 Å². The zero-order valence-corrected chi connectivity index (χ0v) is 8.76. The first-order valence-corrected chi connectivity index (χ1v) is 4.83. The average molecular weight is 243 g/mol. The van der Waals surface area contributed by atoms with E-state index in [9.17, 15) is 22.4 Å². The van der Waals surface area contributed by atoms with E-state index >= 15 is 0 Å². The lowest BCUT2D eigenvalue weighted by molar-refractivity contribution is -0.179. The molecule has 0 aromatic rings. The molecule has 0 aliphatic carbocycles. The quantitative estimate of drug-likeness (QED) is 0.698.